The minimum atomic E-state index is -0.0665. The van der Waals surface area contributed by atoms with Crippen LogP contribution < -0.4 is 0 Å². The maximum Gasteiger partial charge on any atom is 0.248 e. The Kier molecular flexibility index (Phi) is 5.81. The first-order valence-electron chi connectivity index (χ1n) is 10.5. The van der Waals surface area contributed by atoms with Crippen LogP contribution in [0.2, 0.25) is 0 Å². The highest BCUT2D eigenvalue weighted by Crippen LogP contribution is 2.36. The summed E-state index contributed by atoms with van der Waals surface area (Å²) < 4.78 is 12.1. The lowest BCUT2D eigenvalue weighted by molar-refractivity contribution is -0.200. The summed E-state index contributed by atoms with van der Waals surface area (Å²) in [6.07, 6.45) is 5.30. The summed E-state index contributed by atoms with van der Waals surface area (Å²) >= 11 is 0. The fourth-order valence-corrected chi connectivity index (χ4v) is 4.61. The van der Waals surface area contributed by atoms with Gasteiger partial charge in [-0.1, -0.05) is 31.2 Å². The molecule has 0 bridgehead atoms. The minimum absolute atomic E-state index is 0.0665. The first kappa shape index (κ1) is 18.9. The van der Waals surface area contributed by atoms with E-state index in [1.165, 1.54) is 11.1 Å². The SMILES string of the molecule is CCc1ccc(CN2CC3(C[C@H](OCC(=O)N4CCCC4)CCO3)C2)cc1. The molecule has 1 amide bonds. The van der Waals surface area contributed by atoms with E-state index < -0.39 is 0 Å². The number of aryl methyl sites for hydroxylation is 1. The number of likely N-dealkylation sites (tertiary alicyclic amines) is 2. The van der Waals surface area contributed by atoms with Crippen molar-refractivity contribution >= 4 is 5.91 Å². The molecule has 3 saturated heterocycles. The summed E-state index contributed by atoms with van der Waals surface area (Å²) in [7, 11) is 0. The van der Waals surface area contributed by atoms with Crippen LogP contribution in [0.4, 0.5) is 0 Å². The van der Waals surface area contributed by atoms with Crippen LogP contribution in [0.25, 0.3) is 0 Å². The van der Waals surface area contributed by atoms with Crippen LogP contribution in [-0.4, -0.2) is 66.8 Å². The molecular formula is C22H32N2O3. The summed E-state index contributed by atoms with van der Waals surface area (Å²) in [4.78, 5) is 16.6. The lowest BCUT2D eigenvalue weighted by Gasteiger charge is -2.53. The molecule has 4 rings (SSSR count). The van der Waals surface area contributed by atoms with Gasteiger partial charge in [0.2, 0.25) is 5.91 Å². The number of carbonyl (C=O) groups excluding carboxylic acids is 1. The largest absolute Gasteiger partial charge is 0.372 e. The molecule has 5 heteroatoms. The van der Waals surface area contributed by atoms with Gasteiger partial charge in [-0.2, -0.15) is 0 Å². The number of ether oxygens (including phenoxy) is 2. The van der Waals surface area contributed by atoms with Gasteiger partial charge >= 0.3 is 0 Å². The van der Waals surface area contributed by atoms with Gasteiger partial charge in [0.15, 0.2) is 0 Å². The zero-order valence-electron chi connectivity index (χ0n) is 16.5. The van der Waals surface area contributed by atoms with Gasteiger partial charge in [-0.05, 0) is 36.8 Å². The van der Waals surface area contributed by atoms with Crippen molar-refractivity contribution in [3.05, 3.63) is 35.4 Å². The Labute approximate surface area is 162 Å². The third-order valence-electron chi connectivity index (χ3n) is 6.21. The third-order valence-corrected chi connectivity index (χ3v) is 6.21. The Morgan fingerprint density at radius 2 is 1.89 bits per heavy atom. The van der Waals surface area contributed by atoms with Crippen LogP contribution >= 0.6 is 0 Å². The number of amides is 1. The molecule has 1 aromatic rings. The van der Waals surface area contributed by atoms with Crippen LogP contribution in [-0.2, 0) is 27.2 Å². The van der Waals surface area contributed by atoms with E-state index in [4.69, 9.17) is 9.47 Å². The number of carbonyl (C=O) groups is 1. The second-order valence-electron chi connectivity index (χ2n) is 8.36. The lowest BCUT2D eigenvalue weighted by atomic mass is 9.84. The monoisotopic (exact) mass is 372 g/mol. The van der Waals surface area contributed by atoms with Gasteiger partial charge in [0.25, 0.3) is 0 Å². The highest BCUT2D eigenvalue weighted by Gasteiger charge is 2.47. The molecular weight excluding hydrogens is 340 g/mol. The number of hydrogen-bond acceptors (Lipinski definition) is 4. The molecule has 0 saturated carbocycles. The van der Waals surface area contributed by atoms with Gasteiger partial charge in [-0.3, -0.25) is 9.69 Å². The van der Waals surface area contributed by atoms with Crippen molar-refractivity contribution in [2.24, 2.45) is 0 Å². The molecule has 5 nitrogen and oxygen atoms in total. The number of hydrogen-bond donors (Lipinski definition) is 0. The van der Waals surface area contributed by atoms with Crippen molar-refractivity contribution in [2.45, 2.75) is 57.3 Å². The molecule has 0 unspecified atom stereocenters. The van der Waals surface area contributed by atoms with Crippen LogP contribution in [0, 0.1) is 0 Å². The predicted molar refractivity (Wildman–Crippen MR) is 105 cm³/mol. The van der Waals surface area contributed by atoms with Gasteiger partial charge in [0.1, 0.15) is 6.61 Å². The summed E-state index contributed by atoms with van der Waals surface area (Å²) in [5.41, 5.74) is 2.68. The molecule has 1 aromatic carbocycles. The van der Waals surface area contributed by atoms with Crippen LogP contribution in [0.15, 0.2) is 24.3 Å². The topological polar surface area (TPSA) is 42.0 Å². The summed E-state index contributed by atoms with van der Waals surface area (Å²) in [5, 5.41) is 0. The number of rotatable bonds is 6. The molecule has 148 valence electrons. The number of benzene rings is 1. The van der Waals surface area contributed by atoms with E-state index in [0.29, 0.717) is 0 Å². The first-order chi connectivity index (χ1) is 13.2. The molecule has 0 radical (unpaired) electrons. The Balaban J connectivity index is 1.22. The zero-order chi connectivity index (χ0) is 18.7. The standard InChI is InChI=1S/C22H32N2O3/c1-2-18-5-7-19(8-6-18)14-23-16-22(17-23)13-20(9-12-27-22)26-15-21(25)24-10-3-4-11-24/h5-8,20H,2-4,9-17H2,1H3/t20-/m1/s1. The van der Waals surface area contributed by atoms with Gasteiger partial charge in [0, 0.05) is 45.8 Å². The highest BCUT2D eigenvalue weighted by atomic mass is 16.5. The van der Waals surface area contributed by atoms with Gasteiger partial charge in [-0.25, -0.2) is 0 Å². The summed E-state index contributed by atoms with van der Waals surface area (Å²) in [6.45, 7) is 7.85. The van der Waals surface area contributed by atoms with E-state index in [-0.39, 0.29) is 24.2 Å². The molecule has 3 aliphatic rings. The molecule has 3 fully saturated rings. The van der Waals surface area contributed by atoms with Crippen molar-refractivity contribution < 1.29 is 14.3 Å². The fourth-order valence-electron chi connectivity index (χ4n) is 4.61. The molecule has 3 heterocycles. The molecule has 0 N–H and O–H groups in total. The smallest absolute Gasteiger partial charge is 0.248 e. The van der Waals surface area contributed by atoms with Crippen molar-refractivity contribution in [1.29, 1.82) is 0 Å². The van der Waals surface area contributed by atoms with Gasteiger partial charge in [-0.15, -0.1) is 0 Å². The molecule has 0 aromatic heterocycles. The van der Waals surface area contributed by atoms with Crippen LogP contribution in [0.3, 0.4) is 0 Å². The maximum absolute atomic E-state index is 12.2. The normalized spacial score (nSPS) is 24.9. The van der Waals surface area contributed by atoms with Crippen molar-refractivity contribution in [1.82, 2.24) is 9.80 Å². The van der Waals surface area contributed by atoms with E-state index in [9.17, 15) is 4.79 Å². The van der Waals surface area contributed by atoms with Crippen molar-refractivity contribution in [3.8, 4) is 0 Å². The summed E-state index contributed by atoms with van der Waals surface area (Å²) in [6, 6.07) is 8.93. The third kappa shape index (κ3) is 4.53. The first-order valence-corrected chi connectivity index (χ1v) is 10.5. The Hall–Kier alpha value is -1.43. The number of nitrogens with zero attached hydrogens (tertiary/aromatic N) is 2. The maximum atomic E-state index is 12.2. The predicted octanol–water partition coefficient (Wildman–Crippen LogP) is 2.62. The second kappa shape index (κ2) is 8.29. The molecule has 1 atom stereocenters. The quantitative estimate of drug-likeness (QED) is 0.770. The zero-order valence-corrected chi connectivity index (χ0v) is 16.5. The van der Waals surface area contributed by atoms with Crippen molar-refractivity contribution in [2.75, 3.05) is 39.4 Å². The molecule has 0 aliphatic carbocycles. The van der Waals surface area contributed by atoms with E-state index in [0.717, 1.165) is 71.4 Å². The van der Waals surface area contributed by atoms with Crippen LogP contribution in [0.5, 0.6) is 0 Å². The molecule has 3 aliphatic heterocycles. The van der Waals surface area contributed by atoms with Crippen LogP contribution in [0.1, 0.15) is 43.7 Å². The highest BCUT2D eigenvalue weighted by molar-refractivity contribution is 5.77. The van der Waals surface area contributed by atoms with E-state index >= 15 is 0 Å². The summed E-state index contributed by atoms with van der Waals surface area (Å²) in [5.74, 6) is 0.152. The van der Waals surface area contributed by atoms with E-state index in [2.05, 4.69) is 36.1 Å². The van der Waals surface area contributed by atoms with Gasteiger partial charge in [0.05, 0.1) is 11.7 Å². The average molecular weight is 373 g/mol. The average Bonchev–Trinajstić information content (AvgIpc) is 3.21. The van der Waals surface area contributed by atoms with E-state index in [1.807, 2.05) is 4.90 Å². The Bertz CT molecular complexity index is 633. The minimum Gasteiger partial charge on any atom is -0.372 e. The molecule has 1 spiro atoms. The lowest BCUT2D eigenvalue weighted by Crippen LogP contribution is -2.65. The Morgan fingerprint density at radius 1 is 1.19 bits per heavy atom. The van der Waals surface area contributed by atoms with E-state index in [1.54, 1.807) is 0 Å². The second-order valence-corrected chi connectivity index (χ2v) is 8.36. The molecule has 27 heavy (non-hydrogen) atoms. The Morgan fingerprint density at radius 3 is 2.59 bits per heavy atom. The van der Waals surface area contributed by atoms with Crippen molar-refractivity contribution in [3.63, 3.8) is 0 Å². The van der Waals surface area contributed by atoms with Gasteiger partial charge < -0.3 is 14.4 Å². The fraction of sp³-hybridized carbons (Fsp3) is 0.682.